The number of anilines is 1. The van der Waals surface area contributed by atoms with Crippen molar-refractivity contribution >= 4 is 29.5 Å². The molecule has 35 heavy (non-hydrogen) atoms. The first kappa shape index (κ1) is 26.5. The fourth-order valence-corrected chi connectivity index (χ4v) is 4.30. The van der Waals surface area contributed by atoms with E-state index in [0.29, 0.717) is 12.1 Å². The van der Waals surface area contributed by atoms with E-state index in [0.717, 1.165) is 16.9 Å². The molecule has 0 fully saturated rings. The zero-order valence-corrected chi connectivity index (χ0v) is 19.0. The topological polar surface area (TPSA) is 70.1 Å². The third kappa shape index (κ3) is 5.58. The number of carbonyl (C=O) groups excluding carboxylic acids is 1. The predicted molar refractivity (Wildman–Crippen MR) is 113 cm³/mol. The first-order chi connectivity index (χ1) is 16.1. The second-order valence-electron chi connectivity index (χ2n) is 7.97. The van der Waals surface area contributed by atoms with Gasteiger partial charge in [-0.1, -0.05) is 11.6 Å². The van der Waals surface area contributed by atoms with Crippen molar-refractivity contribution in [3.8, 4) is 0 Å². The van der Waals surface area contributed by atoms with Crippen LogP contribution in [0.1, 0.15) is 41.6 Å². The molecule has 0 aliphatic carbocycles. The largest absolute Gasteiger partial charge is 0.465 e. The standard InChI is InChI=1S/C22H19ClF6N2O4/c1-11-5-18(16-9-15(23)3-4-17(16)31(11)19(32)33)30(20(34)35-2)10-12-6-13(21(24,25)26)8-14(7-12)22(27,28)29/h3-4,6-9,11,18H,5,10H2,1-2H3,(H,32,33)/t11-,18+/m1/s1. The van der Waals surface area contributed by atoms with E-state index in [1.54, 1.807) is 6.92 Å². The van der Waals surface area contributed by atoms with Crippen LogP contribution < -0.4 is 4.90 Å². The molecular weight excluding hydrogens is 506 g/mol. The molecule has 0 radical (unpaired) electrons. The summed E-state index contributed by atoms with van der Waals surface area (Å²) >= 11 is 6.08. The highest BCUT2D eigenvalue weighted by molar-refractivity contribution is 6.30. The first-order valence-electron chi connectivity index (χ1n) is 10.1. The van der Waals surface area contributed by atoms with Crippen LogP contribution in [0.4, 0.5) is 41.6 Å². The number of fused-ring (bicyclic) bond motifs is 1. The van der Waals surface area contributed by atoms with Gasteiger partial charge in [0.05, 0.1) is 30.0 Å². The Morgan fingerprint density at radius 1 is 1.09 bits per heavy atom. The van der Waals surface area contributed by atoms with Crippen LogP contribution in [-0.4, -0.2) is 35.3 Å². The van der Waals surface area contributed by atoms with Crippen LogP contribution in [0.2, 0.25) is 5.02 Å². The maximum absolute atomic E-state index is 13.3. The van der Waals surface area contributed by atoms with Crippen LogP contribution in [-0.2, 0) is 23.6 Å². The van der Waals surface area contributed by atoms with E-state index < -0.39 is 59.9 Å². The summed E-state index contributed by atoms with van der Waals surface area (Å²) in [7, 11) is 1.01. The van der Waals surface area contributed by atoms with E-state index in [4.69, 9.17) is 16.3 Å². The van der Waals surface area contributed by atoms with Gasteiger partial charge in [-0.3, -0.25) is 9.80 Å². The molecule has 2 aromatic carbocycles. The average molecular weight is 525 g/mol. The number of hydrogen-bond acceptors (Lipinski definition) is 3. The summed E-state index contributed by atoms with van der Waals surface area (Å²) in [5.41, 5.74) is -3.05. The number of ether oxygens (including phenoxy) is 1. The van der Waals surface area contributed by atoms with Crippen molar-refractivity contribution in [1.29, 1.82) is 0 Å². The Morgan fingerprint density at radius 3 is 2.14 bits per heavy atom. The Labute approximate surface area is 200 Å². The Bertz CT molecular complexity index is 1110. The molecule has 0 aromatic heterocycles. The molecule has 2 atom stereocenters. The van der Waals surface area contributed by atoms with Crippen molar-refractivity contribution in [2.24, 2.45) is 0 Å². The average Bonchev–Trinajstić information content (AvgIpc) is 2.75. The molecule has 190 valence electrons. The van der Waals surface area contributed by atoms with Gasteiger partial charge in [0.1, 0.15) is 0 Å². The molecular formula is C22H19ClF6N2O4. The predicted octanol–water partition coefficient (Wildman–Crippen LogP) is 6.96. The van der Waals surface area contributed by atoms with Crippen LogP contribution in [0, 0.1) is 0 Å². The van der Waals surface area contributed by atoms with Crippen molar-refractivity contribution in [3.05, 3.63) is 63.7 Å². The lowest BCUT2D eigenvalue weighted by Crippen LogP contribution is -2.47. The molecule has 2 aromatic rings. The highest BCUT2D eigenvalue weighted by Crippen LogP contribution is 2.43. The van der Waals surface area contributed by atoms with Gasteiger partial charge in [0, 0.05) is 23.2 Å². The quantitative estimate of drug-likeness (QED) is 0.440. The second kappa shape index (κ2) is 9.48. The zero-order valence-electron chi connectivity index (χ0n) is 18.2. The Morgan fingerprint density at radius 2 is 1.66 bits per heavy atom. The van der Waals surface area contributed by atoms with Crippen molar-refractivity contribution < 1.29 is 45.8 Å². The molecule has 1 aliphatic heterocycles. The molecule has 0 bridgehead atoms. The number of alkyl halides is 6. The van der Waals surface area contributed by atoms with Gasteiger partial charge < -0.3 is 9.84 Å². The number of rotatable bonds is 3. The third-order valence-electron chi connectivity index (χ3n) is 5.61. The molecule has 1 heterocycles. The highest BCUT2D eigenvalue weighted by Gasteiger charge is 2.40. The van der Waals surface area contributed by atoms with E-state index in [2.05, 4.69) is 0 Å². The lowest BCUT2D eigenvalue weighted by Gasteiger charge is -2.42. The maximum atomic E-state index is 13.3. The molecule has 6 nitrogen and oxygen atoms in total. The van der Waals surface area contributed by atoms with Crippen LogP contribution in [0.15, 0.2) is 36.4 Å². The normalized spacial score (nSPS) is 18.1. The number of carboxylic acid groups (broad SMARTS) is 1. The first-order valence-corrected chi connectivity index (χ1v) is 10.5. The van der Waals surface area contributed by atoms with Crippen LogP contribution in [0.5, 0.6) is 0 Å². The van der Waals surface area contributed by atoms with Gasteiger partial charge in [-0.05, 0) is 55.3 Å². The second-order valence-corrected chi connectivity index (χ2v) is 8.40. The molecule has 0 saturated heterocycles. The minimum atomic E-state index is -5.06. The number of nitrogens with zero attached hydrogens (tertiary/aromatic N) is 2. The zero-order chi connectivity index (χ0) is 26.3. The highest BCUT2D eigenvalue weighted by atomic mass is 35.5. The Balaban J connectivity index is 2.14. The van der Waals surface area contributed by atoms with E-state index in [-0.39, 0.29) is 28.8 Å². The van der Waals surface area contributed by atoms with Crippen molar-refractivity contribution in [2.75, 3.05) is 12.0 Å². The van der Waals surface area contributed by atoms with Crippen molar-refractivity contribution in [2.45, 2.75) is 44.3 Å². The van der Waals surface area contributed by atoms with Crippen molar-refractivity contribution in [3.63, 3.8) is 0 Å². The van der Waals surface area contributed by atoms with E-state index >= 15 is 0 Å². The summed E-state index contributed by atoms with van der Waals surface area (Å²) in [6.07, 6.45) is -12.4. The number of halogens is 7. The molecule has 2 amide bonds. The summed E-state index contributed by atoms with van der Waals surface area (Å²) < 4.78 is 84.7. The summed E-state index contributed by atoms with van der Waals surface area (Å²) in [5.74, 6) is 0. The van der Waals surface area contributed by atoms with E-state index in [9.17, 15) is 41.0 Å². The summed E-state index contributed by atoms with van der Waals surface area (Å²) in [6, 6.07) is 3.64. The molecule has 3 rings (SSSR count). The number of hydrogen-bond donors (Lipinski definition) is 1. The Kier molecular flexibility index (Phi) is 7.16. The lowest BCUT2D eigenvalue weighted by molar-refractivity contribution is -0.143. The summed E-state index contributed by atoms with van der Waals surface area (Å²) in [5, 5.41) is 9.82. The fraction of sp³-hybridized carbons (Fsp3) is 0.364. The molecule has 0 unspecified atom stereocenters. The van der Waals surface area contributed by atoms with Gasteiger partial charge in [-0.25, -0.2) is 9.59 Å². The molecule has 13 heteroatoms. The molecule has 0 spiro atoms. The smallest absolute Gasteiger partial charge is 0.416 e. The van der Waals surface area contributed by atoms with Gasteiger partial charge in [0.2, 0.25) is 0 Å². The SMILES string of the molecule is COC(=O)N(Cc1cc(C(F)(F)F)cc(C(F)(F)F)c1)[C@H]1C[C@@H](C)N(C(=O)O)c2ccc(Cl)cc21. The number of methoxy groups -OCH3 is 1. The molecule has 0 saturated carbocycles. The van der Waals surface area contributed by atoms with Gasteiger partial charge in [-0.15, -0.1) is 0 Å². The molecule has 1 N–H and O–H groups in total. The maximum Gasteiger partial charge on any atom is 0.416 e. The minimum absolute atomic E-state index is 0.00548. The third-order valence-corrected chi connectivity index (χ3v) is 5.84. The lowest BCUT2D eigenvalue weighted by atomic mass is 9.90. The van der Waals surface area contributed by atoms with Crippen molar-refractivity contribution in [1.82, 2.24) is 4.90 Å². The van der Waals surface area contributed by atoms with E-state index in [1.165, 1.54) is 18.2 Å². The number of benzene rings is 2. The van der Waals surface area contributed by atoms with Gasteiger partial charge in [-0.2, -0.15) is 26.3 Å². The summed E-state index contributed by atoms with van der Waals surface area (Å²) in [4.78, 5) is 26.5. The molecule has 1 aliphatic rings. The Hall–Kier alpha value is -3.15. The van der Waals surface area contributed by atoms with Crippen LogP contribution in [0.3, 0.4) is 0 Å². The fourth-order valence-electron chi connectivity index (χ4n) is 4.12. The van der Waals surface area contributed by atoms with Gasteiger partial charge in [0.15, 0.2) is 0 Å². The van der Waals surface area contributed by atoms with Gasteiger partial charge >= 0.3 is 24.5 Å². The minimum Gasteiger partial charge on any atom is -0.465 e. The number of carbonyl (C=O) groups is 2. The number of amides is 2. The van der Waals surface area contributed by atoms with Gasteiger partial charge in [0.25, 0.3) is 0 Å². The summed E-state index contributed by atoms with van der Waals surface area (Å²) in [6.45, 7) is 0.885. The monoisotopic (exact) mass is 524 g/mol. The van der Waals surface area contributed by atoms with Crippen LogP contribution in [0.25, 0.3) is 0 Å². The van der Waals surface area contributed by atoms with Crippen LogP contribution >= 0.6 is 11.6 Å². The van der Waals surface area contributed by atoms with E-state index in [1.807, 2.05) is 0 Å².